The van der Waals surface area contributed by atoms with Crippen molar-refractivity contribution >= 4 is 0 Å². The van der Waals surface area contributed by atoms with Gasteiger partial charge in [-0.3, -0.25) is 4.68 Å². The summed E-state index contributed by atoms with van der Waals surface area (Å²) < 4.78 is 14.7. The smallest absolute Gasteiger partial charge is 0.126 e. The number of rotatable bonds is 3. The fraction of sp³-hybridized carbons (Fsp3) is 0.333. The second kappa shape index (κ2) is 4.63. The van der Waals surface area contributed by atoms with E-state index in [0.29, 0.717) is 23.2 Å². The van der Waals surface area contributed by atoms with Gasteiger partial charge in [0, 0.05) is 19.7 Å². The summed E-state index contributed by atoms with van der Waals surface area (Å²) in [4.78, 5) is 0. The number of benzene rings is 1. The lowest BCUT2D eigenvalue weighted by atomic mass is 10.0. The number of aromatic nitrogens is 3. The van der Waals surface area contributed by atoms with Gasteiger partial charge < -0.3 is 5.11 Å². The van der Waals surface area contributed by atoms with Crippen LogP contribution in [0.15, 0.2) is 24.4 Å². The normalized spacial score (nSPS) is 12.7. The van der Waals surface area contributed by atoms with Crippen LogP contribution in [0.1, 0.15) is 22.9 Å². The molecule has 17 heavy (non-hydrogen) atoms. The first-order valence-corrected chi connectivity index (χ1v) is 5.35. The van der Waals surface area contributed by atoms with Gasteiger partial charge in [0.05, 0.1) is 11.8 Å². The fourth-order valence-electron chi connectivity index (χ4n) is 1.68. The predicted molar refractivity (Wildman–Crippen MR) is 60.8 cm³/mol. The standard InChI is InChI=1S/C12H14FN3O/c1-8-5-9(3-4-11(8)13)12(17)6-10-7-16(2)15-14-10/h3-5,7,12,17H,6H2,1-2H3. The Balaban J connectivity index is 2.14. The van der Waals surface area contributed by atoms with Gasteiger partial charge in [0.25, 0.3) is 0 Å². The Morgan fingerprint density at radius 3 is 2.82 bits per heavy atom. The molecule has 1 heterocycles. The van der Waals surface area contributed by atoms with Gasteiger partial charge in [0.2, 0.25) is 0 Å². The number of hydrogen-bond acceptors (Lipinski definition) is 3. The fourth-order valence-corrected chi connectivity index (χ4v) is 1.68. The molecule has 2 aromatic rings. The molecule has 90 valence electrons. The van der Waals surface area contributed by atoms with Crippen molar-refractivity contribution in [3.05, 3.63) is 47.0 Å². The van der Waals surface area contributed by atoms with Gasteiger partial charge in [-0.2, -0.15) is 0 Å². The van der Waals surface area contributed by atoms with Crippen molar-refractivity contribution in [1.82, 2.24) is 15.0 Å². The molecule has 4 nitrogen and oxygen atoms in total. The second-order valence-corrected chi connectivity index (χ2v) is 4.11. The van der Waals surface area contributed by atoms with E-state index in [0.717, 1.165) is 0 Å². The zero-order valence-corrected chi connectivity index (χ0v) is 9.76. The molecule has 0 aliphatic rings. The minimum absolute atomic E-state index is 0.263. The molecule has 0 saturated heterocycles. The van der Waals surface area contributed by atoms with Crippen molar-refractivity contribution in [2.24, 2.45) is 7.05 Å². The topological polar surface area (TPSA) is 50.9 Å². The molecular formula is C12H14FN3O. The largest absolute Gasteiger partial charge is 0.388 e. The van der Waals surface area contributed by atoms with Crippen LogP contribution in [-0.4, -0.2) is 20.1 Å². The Labute approximate surface area is 98.7 Å². The van der Waals surface area contributed by atoms with Gasteiger partial charge in [0.15, 0.2) is 0 Å². The van der Waals surface area contributed by atoms with Gasteiger partial charge in [0.1, 0.15) is 5.82 Å². The van der Waals surface area contributed by atoms with Crippen molar-refractivity contribution in [1.29, 1.82) is 0 Å². The van der Waals surface area contributed by atoms with Crippen LogP contribution < -0.4 is 0 Å². The van der Waals surface area contributed by atoms with Crippen LogP contribution in [0, 0.1) is 12.7 Å². The Bertz CT molecular complexity index is 524. The van der Waals surface area contributed by atoms with Gasteiger partial charge in [-0.05, 0) is 24.1 Å². The maximum atomic E-state index is 13.1. The summed E-state index contributed by atoms with van der Waals surface area (Å²) in [6.07, 6.45) is 1.43. The summed E-state index contributed by atoms with van der Waals surface area (Å²) in [5.74, 6) is -0.263. The molecule has 1 unspecified atom stereocenters. The Hall–Kier alpha value is -1.75. The highest BCUT2D eigenvalue weighted by molar-refractivity contribution is 5.26. The Morgan fingerprint density at radius 1 is 1.47 bits per heavy atom. The predicted octanol–water partition coefficient (Wildman–Crippen LogP) is 1.54. The third-order valence-corrected chi connectivity index (χ3v) is 2.62. The highest BCUT2D eigenvalue weighted by Gasteiger charge is 2.12. The summed E-state index contributed by atoms with van der Waals surface area (Å²) in [6, 6.07) is 4.60. The molecule has 0 aliphatic heterocycles. The number of nitrogens with zero attached hydrogens (tertiary/aromatic N) is 3. The summed E-state index contributed by atoms with van der Waals surface area (Å²) in [5.41, 5.74) is 1.93. The number of hydrogen-bond donors (Lipinski definition) is 1. The Kier molecular flexibility index (Phi) is 3.19. The summed E-state index contributed by atoms with van der Waals surface area (Å²) in [7, 11) is 1.77. The summed E-state index contributed by atoms with van der Waals surface area (Å²) in [5, 5.41) is 17.7. The monoisotopic (exact) mass is 235 g/mol. The Morgan fingerprint density at radius 2 is 2.24 bits per heavy atom. The molecule has 0 saturated carbocycles. The zero-order valence-electron chi connectivity index (χ0n) is 9.76. The van der Waals surface area contributed by atoms with E-state index in [-0.39, 0.29) is 5.82 Å². The first kappa shape index (κ1) is 11.7. The quantitative estimate of drug-likeness (QED) is 0.878. The average Bonchev–Trinajstić information content (AvgIpc) is 2.68. The van der Waals surface area contributed by atoms with E-state index in [1.807, 2.05) is 0 Å². The molecule has 5 heteroatoms. The van der Waals surface area contributed by atoms with Crippen molar-refractivity contribution < 1.29 is 9.50 Å². The lowest BCUT2D eigenvalue weighted by Gasteiger charge is -2.10. The maximum Gasteiger partial charge on any atom is 0.126 e. The van der Waals surface area contributed by atoms with Gasteiger partial charge in [-0.25, -0.2) is 4.39 Å². The molecule has 0 bridgehead atoms. The molecule has 2 rings (SSSR count). The van der Waals surface area contributed by atoms with Crippen molar-refractivity contribution in [2.75, 3.05) is 0 Å². The first-order chi connectivity index (χ1) is 8.06. The number of aliphatic hydroxyl groups excluding tert-OH is 1. The molecule has 1 atom stereocenters. The van der Waals surface area contributed by atoms with E-state index >= 15 is 0 Å². The zero-order chi connectivity index (χ0) is 12.4. The van der Waals surface area contributed by atoms with Crippen molar-refractivity contribution in [2.45, 2.75) is 19.4 Å². The first-order valence-electron chi connectivity index (χ1n) is 5.35. The highest BCUT2D eigenvalue weighted by atomic mass is 19.1. The number of halogens is 1. The van der Waals surface area contributed by atoms with E-state index in [1.165, 1.54) is 6.07 Å². The van der Waals surface area contributed by atoms with Gasteiger partial charge in [-0.1, -0.05) is 17.3 Å². The minimum Gasteiger partial charge on any atom is -0.388 e. The number of aliphatic hydroxyl groups is 1. The molecule has 0 amide bonds. The average molecular weight is 235 g/mol. The number of aryl methyl sites for hydroxylation is 2. The molecule has 0 aliphatic carbocycles. The van der Waals surface area contributed by atoms with Crippen LogP contribution in [-0.2, 0) is 13.5 Å². The third kappa shape index (κ3) is 2.68. The van der Waals surface area contributed by atoms with E-state index < -0.39 is 6.10 Å². The maximum absolute atomic E-state index is 13.1. The van der Waals surface area contributed by atoms with Crippen LogP contribution in [0.3, 0.4) is 0 Å². The molecule has 1 N–H and O–H groups in total. The van der Waals surface area contributed by atoms with Crippen molar-refractivity contribution in [3.63, 3.8) is 0 Å². The van der Waals surface area contributed by atoms with Crippen LogP contribution in [0.5, 0.6) is 0 Å². The van der Waals surface area contributed by atoms with Crippen LogP contribution in [0.4, 0.5) is 4.39 Å². The van der Waals surface area contributed by atoms with E-state index in [4.69, 9.17) is 0 Å². The summed E-state index contributed by atoms with van der Waals surface area (Å²) in [6.45, 7) is 1.67. The SMILES string of the molecule is Cc1cc(C(O)Cc2cn(C)nn2)ccc1F. The molecule has 0 spiro atoms. The van der Waals surface area contributed by atoms with Crippen molar-refractivity contribution in [3.8, 4) is 0 Å². The molecule has 1 aromatic carbocycles. The molecule has 0 radical (unpaired) electrons. The third-order valence-electron chi connectivity index (χ3n) is 2.62. The van der Waals surface area contributed by atoms with Gasteiger partial charge >= 0.3 is 0 Å². The minimum atomic E-state index is -0.689. The molecule has 0 fully saturated rings. The highest BCUT2D eigenvalue weighted by Crippen LogP contribution is 2.19. The lowest BCUT2D eigenvalue weighted by molar-refractivity contribution is 0.177. The second-order valence-electron chi connectivity index (χ2n) is 4.11. The summed E-state index contributed by atoms with van der Waals surface area (Å²) >= 11 is 0. The van der Waals surface area contributed by atoms with E-state index in [9.17, 15) is 9.50 Å². The van der Waals surface area contributed by atoms with Crippen LogP contribution in [0.2, 0.25) is 0 Å². The van der Waals surface area contributed by atoms with Gasteiger partial charge in [-0.15, -0.1) is 5.10 Å². The van der Waals surface area contributed by atoms with E-state index in [2.05, 4.69) is 10.3 Å². The lowest BCUT2D eigenvalue weighted by Crippen LogP contribution is -2.03. The van der Waals surface area contributed by atoms with E-state index in [1.54, 1.807) is 37.0 Å². The molecular weight excluding hydrogens is 221 g/mol. The van der Waals surface area contributed by atoms with Crippen LogP contribution in [0.25, 0.3) is 0 Å². The molecule has 1 aromatic heterocycles. The van der Waals surface area contributed by atoms with Crippen LogP contribution >= 0.6 is 0 Å².